The number of hydrogen-bond donors (Lipinski definition) is 1. The Hall–Kier alpha value is -0.440. The number of phenolic OH excluding ortho intramolecular Hbond substituents is 1. The van der Waals surface area contributed by atoms with Crippen LogP contribution in [0.25, 0.3) is 0 Å². The SMILES string of the molecule is CCC(C)(C)c1ccc(O)c(CN(C[C@H](C)Cl)C[C@@H](C)Cl)c1. The van der Waals surface area contributed by atoms with Gasteiger partial charge in [0.15, 0.2) is 0 Å². The summed E-state index contributed by atoms with van der Waals surface area (Å²) in [4.78, 5) is 2.20. The number of nitrogens with zero attached hydrogens (tertiary/aromatic N) is 1. The van der Waals surface area contributed by atoms with E-state index in [1.807, 2.05) is 19.9 Å². The molecule has 0 aliphatic rings. The molecule has 0 saturated carbocycles. The van der Waals surface area contributed by atoms with Gasteiger partial charge < -0.3 is 5.11 Å². The fourth-order valence-electron chi connectivity index (χ4n) is 2.49. The van der Waals surface area contributed by atoms with Gasteiger partial charge in [0.1, 0.15) is 5.75 Å². The van der Waals surface area contributed by atoms with Crippen molar-refractivity contribution in [2.75, 3.05) is 13.1 Å². The Kier molecular flexibility index (Phi) is 7.51. The van der Waals surface area contributed by atoms with Crippen LogP contribution in [0.3, 0.4) is 0 Å². The molecule has 0 aliphatic heterocycles. The lowest BCUT2D eigenvalue weighted by molar-refractivity contribution is 0.266. The molecule has 0 fully saturated rings. The minimum Gasteiger partial charge on any atom is -0.508 e. The van der Waals surface area contributed by atoms with Gasteiger partial charge in [-0.05, 0) is 37.3 Å². The van der Waals surface area contributed by atoms with Crippen LogP contribution in [0.4, 0.5) is 0 Å². The van der Waals surface area contributed by atoms with Crippen LogP contribution in [0.15, 0.2) is 18.2 Å². The minimum atomic E-state index is 0.0489. The molecule has 1 aromatic rings. The molecule has 126 valence electrons. The lowest BCUT2D eigenvalue weighted by atomic mass is 9.81. The Labute approximate surface area is 145 Å². The molecule has 0 spiro atoms. The number of phenols is 1. The summed E-state index contributed by atoms with van der Waals surface area (Å²) in [6.07, 6.45) is 1.05. The van der Waals surface area contributed by atoms with Gasteiger partial charge in [-0.15, -0.1) is 23.2 Å². The van der Waals surface area contributed by atoms with Gasteiger partial charge in [-0.1, -0.05) is 32.9 Å². The molecule has 0 saturated heterocycles. The minimum absolute atomic E-state index is 0.0489. The average molecular weight is 346 g/mol. The van der Waals surface area contributed by atoms with E-state index in [0.29, 0.717) is 12.3 Å². The molecular formula is C18H29Cl2NO. The lowest BCUT2D eigenvalue weighted by Gasteiger charge is -2.27. The van der Waals surface area contributed by atoms with Crippen LogP contribution in [0.2, 0.25) is 0 Å². The van der Waals surface area contributed by atoms with Crippen LogP contribution >= 0.6 is 23.2 Å². The van der Waals surface area contributed by atoms with Crippen LogP contribution in [0.1, 0.15) is 52.2 Å². The lowest BCUT2D eigenvalue weighted by Crippen LogP contribution is -2.33. The Morgan fingerprint density at radius 1 is 1.14 bits per heavy atom. The summed E-state index contributed by atoms with van der Waals surface area (Å²) in [5.41, 5.74) is 2.29. The van der Waals surface area contributed by atoms with E-state index in [4.69, 9.17) is 23.2 Å². The largest absolute Gasteiger partial charge is 0.508 e. The first kappa shape index (κ1) is 19.6. The zero-order valence-electron chi connectivity index (χ0n) is 14.4. The van der Waals surface area contributed by atoms with Crippen LogP contribution in [0, 0.1) is 0 Å². The first-order valence-corrected chi connectivity index (χ1v) is 8.86. The number of benzene rings is 1. The molecule has 0 aliphatic carbocycles. The summed E-state index contributed by atoms with van der Waals surface area (Å²) in [5, 5.41) is 10.3. The number of rotatable bonds is 8. The summed E-state index contributed by atoms with van der Waals surface area (Å²) in [7, 11) is 0. The van der Waals surface area contributed by atoms with Gasteiger partial charge in [0, 0.05) is 36.0 Å². The Morgan fingerprint density at radius 3 is 2.14 bits per heavy atom. The third kappa shape index (κ3) is 5.98. The standard InChI is InChI=1S/C18H29Cl2NO/c1-6-18(4,5)16-7-8-17(22)15(9-16)12-21(10-13(2)19)11-14(3)20/h7-9,13-14,22H,6,10-12H2,1-5H3/t13-,14+. The normalized spacial score (nSPS) is 15.1. The Morgan fingerprint density at radius 2 is 1.68 bits per heavy atom. The first-order valence-electron chi connectivity index (χ1n) is 7.98. The van der Waals surface area contributed by atoms with Crippen molar-refractivity contribution >= 4 is 23.2 Å². The van der Waals surface area contributed by atoms with Crippen LogP contribution < -0.4 is 0 Å². The number of halogens is 2. The highest BCUT2D eigenvalue weighted by molar-refractivity contribution is 6.21. The van der Waals surface area contributed by atoms with Crippen molar-refractivity contribution in [1.82, 2.24) is 4.90 Å². The maximum Gasteiger partial charge on any atom is 0.120 e. The van der Waals surface area contributed by atoms with Gasteiger partial charge in [-0.3, -0.25) is 4.90 Å². The van der Waals surface area contributed by atoms with Gasteiger partial charge in [-0.25, -0.2) is 0 Å². The quantitative estimate of drug-likeness (QED) is 0.659. The Bertz CT molecular complexity index is 462. The maximum absolute atomic E-state index is 10.2. The highest BCUT2D eigenvalue weighted by Crippen LogP contribution is 2.31. The van der Waals surface area contributed by atoms with E-state index in [1.54, 1.807) is 6.07 Å². The molecule has 22 heavy (non-hydrogen) atoms. The molecule has 0 bridgehead atoms. The highest BCUT2D eigenvalue weighted by atomic mass is 35.5. The third-order valence-corrected chi connectivity index (χ3v) is 4.43. The van der Waals surface area contributed by atoms with E-state index in [9.17, 15) is 5.11 Å². The van der Waals surface area contributed by atoms with E-state index in [1.165, 1.54) is 5.56 Å². The van der Waals surface area contributed by atoms with Crippen molar-refractivity contribution < 1.29 is 5.11 Å². The van der Waals surface area contributed by atoms with Crippen molar-refractivity contribution in [3.05, 3.63) is 29.3 Å². The van der Waals surface area contributed by atoms with Crippen molar-refractivity contribution in [1.29, 1.82) is 0 Å². The molecule has 4 heteroatoms. The second-order valence-electron chi connectivity index (χ2n) is 6.84. The van der Waals surface area contributed by atoms with Crippen LogP contribution in [-0.2, 0) is 12.0 Å². The Balaban J connectivity index is 3.00. The van der Waals surface area contributed by atoms with Crippen LogP contribution in [0.5, 0.6) is 5.75 Å². The average Bonchev–Trinajstić information content (AvgIpc) is 2.39. The molecule has 0 unspecified atom stereocenters. The summed E-state index contributed by atoms with van der Waals surface area (Å²) in [6.45, 7) is 12.7. The van der Waals surface area contributed by atoms with Crippen molar-refractivity contribution in [2.24, 2.45) is 0 Å². The summed E-state index contributed by atoms with van der Waals surface area (Å²) >= 11 is 12.3. The van der Waals surface area contributed by atoms with E-state index < -0.39 is 0 Å². The molecule has 2 nitrogen and oxygen atoms in total. The van der Waals surface area contributed by atoms with E-state index in [-0.39, 0.29) is 16.2 Å². The zero-order chi connectivity index (χ0) is 16.9. The van der Waals surface area contributed by atoms with Gasteiger partial charge >= 0.3 is 0 Å². The number of hydrogen-bond acceptors (Lipinski definition) is 2. The second-order valence-corrected chi connectivity index (χ2v) is 8.33. The molecule has 0 radical (unpaired) electrons. The molecule has 1 aromatic carbocycles. The second kappa shape index (κ2) is 8.42. The molecule has 1 rings (SSSR count). The van der Waals surface area contributed by atoms with Crippen molar-refractivity contribution in [3.63, 3.8) is 0 Å². The predicted molar refractivity (Wildman–Crippen MR) is 97.3 cm³/mol. The number of alkyl halides is 2. The molecular weight excluding hydrogens is 317 g/mol. The van der Waals surface area contributed by atoms with E-state index in [2.05, 4.69) is 31.7 Å². The van der Waals surface area contributed by atoms with E-state index >= 15 is 0 Å². The van der Waals surface area contributed by atoms with Crippen molar-refractivity contribution in [3.8, 4) is 5.75 Å². The summed E-state index contributed by atoms with van der Waals surface area (Å²) < 4.78 is 0. The zero-order valence-corrected chi connectivity index (χ0v) is 15.9. The predicted octanol–water partition coefficient (Wildman–Crippen LogP) is 5.14. The van der Waals surface area contributed by atoms with Gasteiger partial charge in [0.05, 0.1) is 0 Å². The fourth-order valence-corrected chi connectivity index (χ4v) is 2.88. The third-order valence-electron chi connectivity index (χ3n) is 4.16. The van der Waals surface area contributed by atoms with Gasteiger partial charge in [0.25, 0.3) is 0 Å². The highest BCUT2D eigenvalue weighted by Gasteiger charge is 2.20. The maximum atomic E-state index is 10.2. The number of aromatic hydroxyl groups is 1. The molecule has 2 atom stereocenters. The smallest absolute Gasteiger partial charge is 0.120 e. The fraction of sp³-hybridized carbons (Fsp3) is 0.667. The van der Waals surface area contributed by atoms with E-state index in [0.717, 1.165) is 25.1 Å². The first-order chi connectivity index (χ1) is 10.2. The summed E-state index contributed by atoms with van der Waals surface area (Å²) in [5.74, 6) is 0.338. The molecule has 1 N–H and O–H groups in total. The molecule has 0 heterocycles. The monoisotopic (exact) mass is 345 g/mol. The summed E-state index contributed by atoms with van der Waals surface area (Å²) in [6, 6.07) is 5.93. The molecule has 0 aromatic heterocycles. The topological polar surface area (TPSA) is 23.5 Å². The van der Waals surface area contributed by atoms with Crippen LogP contribution in [-0.4, -0.2) is 33.9 Å². The van der Waals surface area contributed by atoms with Gasteiger partial charge in [-0.2, -0.15) is 0 Å². The molecule has 0 amide bonds. The van der Waals surface area contributed by atoms with Gasteiger partial charge in [0.2, 0.25) is 0 Å². The van der Waals surface area contributed by atoms with Crippen molar-refractivity contribution in [2.45, 2.75) is 63.8 Å².